The lowest BCUT2D eigenvalue weighted by atomic mass is 10.1. The largest absolute Gasteiger partial charge is 0.497 e. The fourth-order valence-electron chi connectivity index (χ4n) is 1.79. The van der Waals surface area contributed by atoms with E-state index in [-0.39, 0.29) is 17.9 Å². The molecule has 0 saturated carbocycles. The van der Waals surface area contributed by atoms with Crippen molar-refractivity contribution in [1.82, 2.24) is 0 Å². The van der Waals surface area contributed by atoms with Crippen molar-refractivity contribution in [3.05, 3.63) is 23.8 Å². The van der Waals surface area contributed by atoms with Crippen LogP contribution >= 0.6 is 0 Å². The van der Waals surface area contributed by atoms with E-state index in [1.807, 2.05) is 0 Å². The van der Waals surface area contributed by atoms with Gasteiger partial charge in [0.1, 0.15) is 5.75 Å². The Hall–Kier alpha value is -2.12. The summed E-state index contributed by atoms with van der Waals surface area (Å²) in [6.07, 6.45) is -0.739. The first-order valence-electron chi connectivity index (χ1n) is 6.03. The van der Waals surface area contributed by atoms with Gasteiger partial charge in [-0.3, -0.25) is 4.79 Å². The Morgan fingerprint density at radius 2 is 2.20 bits per heavy atom. The molecule has 1 saturated heterocycles. The van der Waals surface area contributed by atoms with Crippen LogP contribution < -0.4 is 10.1 Å². The molecule has 1 aliphatic heterocycles. The van der Waals surface area contributed by atoms with Crippen molar-refractivity contribution in [2.24, 2.45) is 0 Å². The number of anilines is 1. The minimum Gasteiger partial charge on any atom is -0.497 e. The summed E-state index contributed by atoms with van der Waals surface area (Å²) in [6.45, 7) is 0.934. The lowest BCUT2D eigenvalue weighted by Crippen LogP contribution is -2.39. The van der Waals surface area contributed by atoms with Gasteiger partial charge in [-0.05, 0) is 12.1 Å². The Labute approximate surface area is 115 Å². The molecule has 108 valence electrons. The zero-order chi connectivity index (χ0) is 14.5. The fourth-order valence-corrected chi connectivity index (χ4v) is 1.79. The maximum absolute atomic E-state index is 12.0. The lowest BCUT2D eigenvalue weighted by molar-refractivity contribution is -0.142. The van der Waals surface area contributed by atoms with Crippen LogP contribution in [0.4, 0.5) is 5.69 Å². The molecule has 1 aromatic carbocycles. The Morgan fingerprint density at radius 3 is 2.80 bits per heavy atom. The number of carboxylic acids is 1. The molecule has 1 unspecified atom stereocenters. The van der Waals surface area contributed by atoms with Crippen molar-refractivity contribution in [2.75, 3.05) is 32.2 Å². The van der Waals surface area contributed by atoms with Crippen molar-refractivity contribution in [2.45, 2.75) is 6.10 Å². The van der Waals surface area contributed by atoms with E-state index < -0.39 is 18.0 Å². The maximum atomic E-state index is 12.0. The van der Waals surface area contributed by atoms with Crippen LogP contribution in [0.15, 0.2) is 18.2 Å². The third kappa shape index (κ3) is 3.25. The maximum Gasteiger partial charge on any atom is 0.337 e. The van der Waals surface area contributed by atoms with Gasteiger partial charge in [0, 0.05) is 6.07 Å². The Morgan fingerprint density at radius 1 is 1.40 bits per heavy atom. The van der Waals surface area contributed by atoms with E-state index in [0.717, 1.165) is 0 Å². The first kappa shape index (κ1) is 14.3. The zero-order valence-corrected chi connectivity index (χ0v) is 10.9. The summed E-state index contributed by atoms with van der Waals surface area (Å²) >= 11 is 0. The van der Waals surface area contributed by atoms with Crippen molar-refractivity contribution >= 4 is 17.6 Å². The van der Waals surface area contributed by atoms with Crippen LogP contribution in [0.2, 0.25) is 0 Å². The number of carboxylic acid groups (broad SMARTS) is 1. The molecule has 0 bridgehead atoms. The highest BCUT2D eigenvalue weighted by Crippen LogP contribution is 2.23. The van der Waals surface area contributed by atoms with E-state index in [1.165, 1.54) is 25.3 Å². The minimum absolute atomic E-state index is 0.0177. The second kappa shape index (κ2) is 6.36. The van der Waals surface area contributed by atoms with Gasteiger partial charge in [0.15, 0.2) is 6.10 Å². The van der Waals surface area contributed by atoms with Gasteiger partial charge < -0.3 is 24.6 Å². The molecular weight excluding hydrogens is 266 g/mol. The predicted molar refractivity (Wildman–Crippen MR) is 69.1 cm³/mol. The summed E-state index contributed by atoms with van der Waals surface area (Å²) in [4.78, 5) is 23.1. The third-order valence-electron chi connectivity index (χ3n) is 2.82. The van der Waals surface area contributed by atoms with Gasteiger partial charge in [0.25, 0.3) is 5.91 Å². The highest BCUT2D eigenvalue weighted by atomic mass is 16.6. The van der Waals surface area contributed by atoms with Crippen LogP contribution in [0.25, 0.3) is 0 Å². The van der Waals surface area contributed by atoms with Crippen LogP contribution in [0.3, 0.4) is 0 Å². The normalized spacial score (nSPS) is 18.4. The predicted octanol–water partition coefficient (Wildman–Crippen LogP) is 0.747. The summed E-state index contributed by atoms with van der Waals surface area (Å²) < 4.78 is 15.4. The number of carbonyl (C=O) groups is 2. The number of nitrogens with one attached hydrogen (secondary N) is 1. The average Bonchev–Trinajstić information content (AvgIpc) is 2.47. The summed E-state index contributed by atoms with van der Waals surface area (Å²) in [5, 5.41) is 11.6. The van der Waals surface area contributed by atoms with E-state index in [2.05, 4.69) is 5.32 Å². The van der Waals surface area contributed by atoms with E-state index >= 15 is 0 Å². The van der Waals surface area contributed by atoms with Gasteiger partial charge in [-0.25, -0.2) is 4.79 Å². The van der Waals surface area contributed by atoms with E-state index in [9.17, 15) is 9.59 Å². The number of carbonyl (C=O) groups excluding carboxylic acids is 1. The number of hydrogen-bond donors (Lipinski definition) is 2. The smallest absolute Gasteiger partial charge is 0.337 e. The van der Waals surface area contributed by atoms with Gasteiger partial charge in [0.05, 0.1) is 38.2 Å². The van der Waals surface area contributed by atoms with E-state index in [1.54, 1.807) is 0 Å². The number of rotatable bonds is 4. The molecule has 0 spiro atoms. The molecule has 0 aromatic heterocycles. The molecule has 20 heavy (non-hydrogen) atoms. The first-order valence-corrected chi connectivity index (χ1v) is 6.03. The molecule has 2 rings (SSSR count). The highest BCUT2D eigenvalue weighted by molar-refractivity contribution is 6.02. The summed E-state index contributed by atoms with van der Waals surface area (Å²) in [5.74, 6) is -1.13. The van der Waals surface area contributed by atoms with Crippen LogP contribution in [0.1, 0.15) is 10.4 Å². The molecule has 2 N–H and O–H groups in total. The van der Waals surface area contributed by atoms with Gasteiger partial charge in [-0.1, -0.05) is 0 Å². The standard InChI is InChI=1S/C13H15NO6/c1-18-8-2-3-9(13(16)17)10(6-8)14-12(15)11-7-19-4-5-20-11/h2-3,6,11H,4-5,7H2,1H3,(H,14,15)(H,16,17). The second-order valence-corrected chi connectivity index (χ2v) is 4.14. The SMILES string of the molecule is COc1ccc(C(=O)O)c(NC(=O)C2COCCO2)c1. The van der Waals surface area contributed by atoms with E-state index in [0.29, 0.717) is 19.0 Å². The molecule has 1 atom stereocenters. The second-order valence-electron chi connectivity index (χ2n) is 4.14. The number of amides is 1. The number of hydrogen-bond acceptors (Lipinski definition) is 5. The molecule has 1 fully saturated rings. The van der Waals surface area contributed by atoms with Gasteiger partial charge >= 0.3 is 5.97 Å². The molecule has 0 radical (unpaired) electrons. The summed E-state index contributed by atoms with van der Waals surface area (Å²) in [5.41, 5.74) is 0.145. The summed E-state index contributed by atoms with van der Waals surface area (Å²) in [6, 6.07) is 4.33. The number of benzene rings is 1. The third-order valence-corrected chi connectivity index (χ3v) is 2.82. The Kier molecular flexibility index (Phi) is 4.54. The van der Waals surface area contributed by atoms with Crippen LogP contribution in [0, 0.1) is 0 Å². The van der Waals surface area contributed by atoms with Gasteiger partial charge in [-0.15, -0.1) is 0 Å². The van der Waals surface area contributed by atoms with Crippen molar-refractivity contribution in [3.63, 3.8) is 0 Å². The molecule has 1 amide bonds. The van der Waals surface area contributed by atoms with Gasteiger partial charge in [-0.2, -0.15) is 0 Å². The minimum atomic E-state index is -1.14. The monoisotopic (exact) mass is 281 g/mol. The van der Waals surface area contributed by atoms with Crippen LogP contribution in [0.5, 0.6) is 5.75 Å². The zero-order valence-electron chi connectivity index (χ0n) is 10.9. The van der Waals surface area contributed by atoms with Gasteiger partial charge in [0.2, 0.25) is 0 Å². The van der Waals surface area contributed by atoms with Crippen molar-refractivity contribution < 1.29 is 28.9 Å². The van der Waals surface area contributed by atoms with E-state index in [4.69, 9.17) is 19.3 Å². The molecule has 7 nitrogen and oxygen atoms in total. The summed E-state index contributed by atoms with van der Waals surface area (Å²) in [7, 11) is 1.46. The Bertz CT molecular complexity index is 510. The molecule has 1 aliphatic rings. The average molecular weight is 281 g/mol. The first-order chi connectivity index (χ1) is 9.61. The number of aromatic carboxylic acids is 1. The lowest BCUT2D eigenvalue weighted by Gasteiger charge is -2.22. The molecule has 0 aliphatic carbocycles. The number of methoxy groups -OCH3 is 1. The Balaban J connectivity index is 2.17. The van der Waals surface area contributed by atoms with Crippen molar-refractivity contribution in [1.29, 1.82) is 0 Å². The molecule has 1 heterocycles. The fraction of sp³-hybridized carbons (Fsp3) is 0.385. The molecular formula is C13H15NO6. The number of ether oxygens (including phenoxy) is 3. The molecule has 1 aromatic rings. The quantitative estimate of drug-likeness (QED) is 0.845. The molecule has 7 heteroatoms. The topological polar surface area (TPSA) is 94.1 Å². The van der Waals surface area contributed by atoms with Crippen LogP contribution in [-0.4, -0.2) is 50.0 Å². The van der Waals surface area contributed by atoms with Crippen molar-refractivity contribution in [3.8, 4) is 5.75 Å². The highest BCUT2D eigenvalue weighted by Gasteiger charge is 2.24. The van der Waals surface area contributed by atoms with Crippen LogP contribution in [-0.2, 0) is 14.3 Å².